The first-order chi connectivity index (χ1) is 9.76. The van der Waals surface area contributed by atoms with Crippen LogP contribution in [0, 0.1) is 0 Å². The second-order valence-corrected chi connectivity index (χ2v) is 5.47. The number of aryl methyl sites for hydroxylation is 1. The minimum Gasteiger partial charge on any atom is -0.340 e. The Labute approximate surface area is 126 Å². The molecule has 0 aliphatic carbocycles. The largest absolute Gasteiger partial charge is 0.340 e. The van der Waals surface area contributed by atoms with E-state index in [2.05, 4.69) is 62.4 Å². The van der Waals surface area contributed by atoms with Crippen molar-refractivity contribution >= 4 is 38.3 Å². The topological polar surface area (TPSA) is 37.8 Å². The first-order valence-electron chi connectivity index (χ1n) is 6.52. The highest BCUT2D eigenvalue weighted by molar-refractivity contribution is 9.10. The molecule has 1 aromatic heterocycles. The Kier molecular flexibility index (Phi) is 3.65. The van der Waals surface area contributed by atoms with Gasteiger partial charge in [-0.25, -0.2) is 9.97 Å². The van der Waals surface area contributed by atoms with Crippen molar-refractivity contribution in [2.45, 2.75) is 13.3 Å². The van der Waals surface area contributed by atoms with Crippen LogP contribution in [-0.2, 0) is 6.42 Å². The Morgan fingerprint density at radius 3 is 2.60 bits per heavy atom. The normalized spacial score (nSPS) is 10.7. The number of halogens is 1. The molecule has 2 aromatic carbocycles. The lowest BCUT2D eigenvalue weighted by Gasteiger charge is -2.09. The molecule has 0 aliphatic rings. The zero-order chi connectivity index (χ0) is 13.9. The second-order valence-electron chi connectivity index (χ2n) is 4.56. The molecule has 0 amide bonds. The molecule has 0 aliphatic heterocycles. The summed E-state index contributed by atoms with van der Waals surface area (Å²) in [4.78, 5) is 8.62. The average molecular weight is 328 g/mol. The monoisotopic (exact) mass is 327 g/mol. The molecule has 0 radical (unpaired) electrons. The molecule has 0 atom stereocenters. The minimum absolute atomic E-state index is 0.820. The number of nitrogens with zero attached hydrogens (tertiary/aromatic N) is 2. The fraction of sp³-hybridized carbons (Fsp3) is 0.125. The predicted molar refractivity (Wildman–Crippen MR) is 86.3 cm³/mol. The van der Waals surface area contributed by atoms with Crippen LogP contribution in [0.1, 0.15) is 12.5 Å². The van der Waals surface area contributed by atoms with E-state index in [4.69, 9.17) is 0 Å². The lowest BCUT2D eigenvalue weighted by Crippen LogP contribution is -1.96. The Bertz CT molecular complexity index is 738. The second kappa shape index (κ2) is 5.59. The lowest BCUT2D eigenvalue weighted by molar-refractivity contribution is 1.14. The third kappa shape index (κ3) is 2.65. The van der Waals surface area contributed by atoms with Crippen molar-refractivity contribution < 1.29 is 0 Å². The van der Waals surface area contributed by atoms with Gasteiger partial charge in [-0.3, -0.25) is 0 Å². The molecule has 0 unspecified atom stereocenters. The zero-order valence-electron chi connectivity index (χ0n) is 11.1. The van der Waals surface area contributed by atoms with Crippen molar-refractivity contribution in [3.05, 3.63) is 58.8 Å². The number of hydrogen-bond donors (Lipinski definition) is 1. The zero-order valence-corrected chi connectivity index (χ0v) is 12.7. The van der Waals surface area contributed by atoms with Crippen LogP contribution in [0.15, 0.2) is 53.3 Å². The van der Waals surface area contributed by atoms with E-state index in [-0.39, 0.29) is 0 Å². The SMILES string of the molecule is CCc1ccc(Nc2ncnc3ccc(Br)cc23)cc1. The summed E-state index contributed by atoms with van der Waals surface area (Å²) in [6, 6.07) is 14.4. The highest BCUT2D eigenvalue weighted by Crippen LogP contribution is 2.25. The van der Waals surface area contributed by atoms with Crippen LogP contribution in [0.25, 0.3) is 10.9 Å². The molecule has 0 bridgehead atoms. The number of benzene rings is 2. The maximum absolute atomic E-state index is 4.34. The fourth-order valence-electron chi connectivity index (χ4n) is 2.09. The van der Waals surface area contributed by atoms with Crippen LogP contribution < -0.4 is 5.32 Å². The van der Waals surface area contributed by atoms with Crippen LogP contribution in [0.4, 0.5) is 11.5 Å². The Morgan fingerprint density at radius 2 is 1.85 bits per heavy atom. The van der Waals surface area contributed by atoms with Crippen LogP contribution in [0.5, 0.6) is 0 Å². The molecule has 3 aromatic rings. The molecule has 20 heavy (non-hydrogen) atoms. The van der Waals surface area contributed by atoms with Gasteiger partial charge in [0.05, 0.1) is 5.52 Å². The van der Waals surface area contributed by atoms with Crippen molar-refractivity contribution in [2.75, 3.05) is 5.32 Å². The summed E-state index contributed by atoms with van der Waals surface area (Å²) in [6.45, 7) is 2.15. The van der Waals surface area contributed by atoms with E-state index in [1.54, 1.807) is 6.33 Å². The van der Waals surface area contributed by atoms with Gasteiger partial charge in [-0.1, -0.05) is 35.0 Å². The van der Waals surface area contributed by atoms with E-state index in [9.17, 15) is 0 Å². The minimum atomic E-state index is 0.820. The highest BCUT2D eigenvalue weighted by atomic mass is 79.9. The first kappa shape index (κ1) is 13.1. The smallest absolute Gasteiger partial charge is 0.141 e. The molecule has 100 valence electrons. The van der Waals surface area contributed by atoms with Gasteiger partial charge in [-0.05, 0) is 42.3 Å². The third-order valence-corrected chi connectivity index (χ3v) is 3.72. The lowest BCUT2D eigenvalue weighted by atomic mass is 10.1. The summed E-state index contributed by atoms with van der Waals surface area (Å²) in [5, 5.41) is 4.35. The molecular weight excluding hydrogens is 314 g/mol. The first-order valence-corrected chi connectivity index (χ1v) is 7.32. The van der Waals surface area contributed by atoms with Crippen LogP contribution in [-0.4, -0.2) is 9.97 Å². The van der Waals surface area contributed by atoms with Crippen LogP contribution in [0.3, 0.4) is 0 Å². The molecule has 0 fully saturated rings. The average Bonchev–Trinajstić information content (AvgIpc) is 2.49. The number of anilines is 2. The molecule has 3 nitrogen and oxygen atoms in total. The fourth-order valence-corrected chi connectivity index (χ4v) is 2.45. The van der Waals surface area contributed by atoms with Gasteiger partial charge in [0.25, 0.3) is 0 Å². The van der Waals surface area contributed by atoms with E-state index in [0.29, 0.717) is 0 Å². The predicted octanol–water partition coefficient (Wildman–Crippen LogP) is 4.70. The van der Waals surface area contributed by atoms with Gasteiger partial charge < -0.3 is 5.32 Å². The molecule has 4 heteroatoms. The third-order valence-electron chi connectivity index (χ3n) is 3.22. The quantitative estimate of drug-likeness (QED) is 0.757. The number of aromatic nitrogens is 2. The van der Waals surface area contributed by atoms with Crippen molar-refractivity contribution in [1.29, 1.82) is 0 Å². The maximum Gasteiger partial charge on any atom is 0.141 e. The van der Waals surface area contributed by atoms with Crippen LogP contribution in [0.2, 0.25) is 0 Å². The molecule has 1 heterocycles. The van der Waals surface area contributed by atoms with Gasteiger partial charge in [0.2, 0.25) is 0 Å². The Hall–Kier alpha value is -1.94. The molecule has 0 saturated heterocycles. The highest BCUT2D eigenvalue weighted by Gasteiger charge is 2.04. The van der Waals surface area contributed by atoms with Crippen molar-refractivity contribution in [1.82, 2.24) is 9.97 Å². The van der Waals surface area contributed by atoms with Gasteiger partial charge in [0.1, 0.15) is 12.1 Å². The van der Waals surface area contributed by atoms with Gasteiger partial charge in [-0.15, -0.1) is 0 Å². The molecule has 3 rings (SSSR count). The number of nitrogens with one attached hydrogen (secondary N) is 1. The van der Waals surface area contributed by atoms with Gasteiger partial charge >= 0.3 is 0 Å². The number of fused-ring (bicyclic) bond motifs is 1. The summed E-state index contributed by atoms with van der Waals surface area (Å²) < 4.78 is 1.02. The van der Waals surface area contributed by atoms with E-state index in [1.165, 1.54) is 5.56 Å². The van der Waals surface area contributed by atoms with Gasteiger partial charge in [-0.2, -0.15) is 0 Å². The number of rotatable bonds is 3. The van der Waals surface area contributed by atoms with Crippen molar-refractivity contribution in [2.24, 2.45) is 0 Å². The summed E-state index contributed by atoms with van der Waals surface area (Å²) in [5.41, 5.74) is 3.28. The molecular formula is C16H14BrN3. The van der Waals surface area contributed by atoms with E-state index < -0.39 is 0 Å². The summed E-state index contributed by atoms with van der Waals surface area (Å²) in [7, 11) is 0. The van der Waals surface area contributed by atoms with E-state index >= 15 is 0 Å². The molecule has 0 saturated carbocycles. The van der Waals surface area contributed by atoms with E-state index in [1.807, 2.05) is 18.2 Å². The van der Waals surface area contributed by atoms with Crippen molar-refractivity contribution in [3.63, 3.8) is 0 Å². The van der Waals surface area contributed by atoms with Gasteiger partial charge in [0.15, 0.2) is 0 Å². The Morgan fingerprint density at radius 1 is 1.05 bits per heavy atom. The molecule has 0 spiro atoms. The van der Waals surface area contributed by atoms with Crippen molar-refractivity contribution in [3.8, 4) is 0 Å². The van der Waals surface area contributed by atoms with Crippen LogP contribution >= 0.6 is 15.9 Å². The molecule has 1 N–H and O–H groups in total. The van der Waals surface area contributed by atoms with Gasteiger partial charge in [0, 0.05) is 15.5 Å². The maximum atomic E-state index is 4.34. The summed E-state index contributed by atoms with van der Waals surface area (Å²) >= 11 is 3.49. The standard InChI is InChI=1S/C16H14BrN3/c1-2-11-3-6-13(7-4-11)20-16-14-9-12(17)5-8-15(14)18-10-19-16/h3-10H,2H2,1H3,(H,18,19,20). The Balaban J connectivity index is 1.99. The summed E-state index contributed by atoms with van der Waals surface area (Å²) in [5.74, 6) is 0.820. The van der Waals surface area contributed by atoms with E-state index in [0.717, 1.165) is 33.3 Å². The number of hydrogen-bond acceptors (Lipinski definition) is 3. The summed E-state index contributed by atoms with van der Waals surface area (Å²) in [6.07, 6.45) is 2.63.